The summed E-state index contributed by atoms with van der Waals surface area (Å²) in [6, 6.07) is 6.22. The van der Waals surface area contributed by atoms with Crippen LogP contribution in [0.2, 0.25) is 0 Å². The van der Waals surface area contributed by atoms with Gasteiger partial charge in [0, 0.05) is 42.7 Å². The highest BCUT2D eigenvalue weighted by Crippen LogP contribution is 2.36. The highest BCUT2D eigenvalue weighted by atomic mass is 19.1. The van der Waals surface area contributed by atoms with Gasteiger partial charge in [-0.3, -0.25) is 4.79 Å². The van der Waals surface area contributed by atoms with Gasteiger partial charge in [-0.15, -0.1) is 0 Å². The number of nitrogens with one attached hydrogen (secondary N) is 1. The third kappa shape index (κ3) is 3.25. The van der Waals surface area contributed by atoms with Crippen molar-refractivity contribution in [1.82, 2.24) is 14.9 Å². The summed E-state index contributed by atoms with van der Waals surface area (Å²) in [5.41, 5.74) is 9.92. The van der Waals surface area contributed by atoms with E-state index in [-0.39, 0.29) is 18.6 Å². The first kappa shape index (κ1) is 19.8. The lowest BCUT2D eigenvalue weighted by Gasteiger charge is -2.13. The lowest BCUT2D eigenvalue weighted by Crippen LogP contribution is -2.25. The van der Waals surface area contributed by atoms with Crippen molar-refractivity contribution in [1.29, 1.82) is 0 Å². The number of carbonyl (C=O) groups excluding carboxylic acids is 1. The van der Waals surface area contributed by atoms with Gasteiger partial charge in [0.15, 0.2) is 0 Å². The van der Waals surface area contributed by atoms with Gasteiger partial charge in [-0.2, -0.15) is 0 Å². The SMILES string of the molecule is C=C(N)NCc1c2c(nc3cc(F)ccc13)-c1cc(CC=O)c(COC)c(=O)n1C2. The minimum absolute atomic E-state index is 0.0979. The monoisotopic (exact) mass is 408 g/mol. The van der Waals surface area contributed by atoms with Crippen molar-refractivity contribution in [3.8, 4) is 11.4 Å². The van der Waals surface area contributed by atoms with Crippen molar-refractivity contribution < 1.29 is 13.9 Å². The number of hydrogen-bond donors (Lipinski definition) is 2. The first-order valence-electron chi connectivity index (χ1n) is 9.42. The van der Waals surface area contributed by atoms with Crippen LogP contribution < -0.4 is 16.6 Å². The molecule has 0 radical (unpaired) electrons. The second kappa shape index (κ2) is 7.72. The average molecular weight is 408 g/mol. The molecule has 0 saturated carbocycles. The number of aromatic nitrogens is 2. The normalized spacial score (nSPS) is 11.9. The second-order valence-corrected chi connectivity index (χ2v) is 7.19. The molecule has 3 heterocycles. The van der Waals surface area contributed by atoms with Gasteiger partial charge in [0.25, 0.3) is 5.56 Å². The zero-order valence-electron chi connectivity index (χ0n) is 16.5. The molecule has 0 saturated heterocycles. The number of pyridine rings is 2. The van der Waals surface area contributed by atoms with Gasteiger partial charge in [-0.05, 0) is 29.3 Å². The van der Waals surface area contributed by atoms with E-state index in [1.165, 1.54) is 19.2 Å². The third-order valence-corrected chi connectivity index (χ3v) is 5.30. The maximum absolute atomic E-state index is 13.9. The summed E-state index contributed by atoms with van der Waals surface area (Å²) in [5.74, 6) is -0.0938. The number of hydrogen-bond acceptors (Lipinski definition) is 6. The lowest BCUT2D eigenvalue weighted by molar-refractivity contribution is -0.107. The van der Waals surface area contributed by atoms with Crippen LogP contribution in [0.15, 0.2) is 41.5 Å². The van der Waals surface area contributed by atoms with Gasteiger partial charge in [0.1, 0.15) is 12.1 Å². The molecule has 1 aromatic carbocycles. The molecule has 1 aliphatic heterocycles. The molecule has 154 valence electrons. The molecule has 7 nitrogen and oxygen atoms in total. The van der Waals surface area contributed by atoms with Gasteiger partial charge in [0.2, 0.25) is 0 Å². The van der Waals surface area contributed by atoms with Crippen LogP contribution in [0.3, 0.4) is 0 Å². The quantitative estimate of drug-likeness (QED) is 0.454. The Bertz CT molecular complexity index is 1250. The van der Waals surface area contributed by atoms with E-state index in [4.69, 9.17) is 10.5 Å². The summed E-state index contributed by atoms with van der Waals surface area (Å²) in [6.45, 7) is 4.45. The third-order valence-electron chi connectivity index (χ3n) is 5.30. The molecule has 1 aliphatic rings. The molecule has 2 aromatic heterocycles. The van der Waals surface area contributed by atoms with E-state index in [0.717, 1.165) is 22.8 Å². The van der Waals surface area contributed by atoms with Gasteiger partial charge in [0.05, 0.1) is 35.9 Å². The maximum atomic E-state index is 13.9. The fourth-order valence-electron chi connectivity index (χ4n) is 3.95. The summed E-state index contributed by atoms with van der Waals surface area (Å²) >= 11 is 0. The Labute approximate surface area is 172 Å². The van der Waals surface area contributed by atoms with Crippen molar-refractivity contribution in [2.24, 2.45) is 5.73 Å². The Kier molecular flexibility index (Phi) is 5.09. The van der Waals surface area contributed by atoms with Crippen LogP contribution in [-0.4, -0.2) is 22.9 Å². The molecule has 3 N–H and O–H groups in total. The van der Waals surface area contributed by atoms with E-state index in [1.807, 2.05) is 0 Å². The molecular weight excluding hydrogens is 387 g/mol. The summed E-state index contributed by atoms with van der Waals surface area (Å²) in [4.78, 5) is 29.0. The largest absolute Gasteiger partial charge is 0.386 e. The molecule has 8 heteroatoms. The Hall–Kier alpha value is -3.52. The Balaban J connectivity index is 1.99. The maximum Gasteiger partial charge on any atom is 0.257 e. The van der Waals surface area contributed by atoms with Crippen LogP contribution in [0.5, 0.6) is 0 Å². The number of nitrogens with two attached hydrogens (primary N) is 1. The van der Waals surface area contributed by atoms with E-state index in [9.17, 15) is 14.0 Å². The van der Waals surface area contributed by atoms with Crippen molar-refractivity contribution in [2.45, 2.75) is 26.1 Å². The zero-order valence-corrected chi connectivity index (χ0v) is 16.5. The smallest absolute Gasteiger partial charge is 0.257 e. The number of fused-ring (bicyclic) bond motifs is 4. The molecular formula is C22H21FN4O3. The highest BCUT2D eigenvalue weighted by Gasteiger charge is 2.28. The Morgan fingerprint density at radius 1 is 1.40 bits per heavy atom. The van der Waals surface area contributed by atoms with Crippen LogP contribution in [0.4, 0.5) is 4.39 Å². The van der Waals surface area contributed by atoms with Crippen molar-refractivity contribution >= 4 is 17.2 Å². The summed E-state index contributed by atoms with van der Waals surface area (Å²) < 4.78 is 20.7. The topological polar surface area (TPSA) is 99.2 Å². The zero-order chi connectivity index (χ0) is 21.4. The fraction of sp³-hybridized carbons (Fsp3) is 0.227. The van der Waals surface area contributed by atoms with E-state index >= 15 is 0 Å². The van der Waals surface area contributed by atoms with Gasteiger partial charge in [-0.25, -0.2) is 9.37 Å². The number of aldehydes is 1. The second-order valence-electron chi connectivity index (χ2n) is 7.19. The summed E-state index contributed by atoms with van der Waals surface area (Å²) in [7, 11) is 1.50. The molecule has 4 rings (SSSR count). The predicted molar refractivity (Wildman–Crippen MR) is 111 cm³/mol. The molecule has 0 fully saturated rings. The number of halogens is 1. The Morgan fingerprint density at radius 3 is 2.90 bits per heavy atom. The first-order chi connectivity index (χ1) is 14.4. The van der Waals surface area contributed by atoms with Crippen LogP contribution >= 0.6 is 0 Å². The van der Waals surface area contributed by atoms with Crippen LogP contribution in [-0.2, 0) is 35.6 Å². The van der Waals surface area contributed by atoms with E-state index < -0.39 is 5.82 Å². The molecule has 0 aliphatic carbocycles. The molecule has 0 amide bonds. The van der Waals surface area contributed by atoms with E-state index in [1.54, 1.807) is 16.7 Å². The minimum atomic E-state index is -0.399. The number of ether oxygens (including phenoxy) is 1. The van der Waals surface area contributed by atoms with Gasteiger partial charge < -0.3 is 25.1 Å². The first-order valence-corrected chi connectivity index (χ1v) is 9.42. The van der Waals surface area contributed by atoms with Crippen LogP contribution in [0.1, 0.15) is 22.3 Å². The minimum Gasteiger partial charge on any atom is -0.386 e. The molecule has 3 aromatic rings. The van der Waals surface area contributed by atoms with Crippen LogP contribution in [0, 0.1) is 5.82 Å². The van der Waals surface area contributed by atoms with Crippen LogP contribution in [0.25, 0.3) is 22.3 Å². The number of carbonyl (C=O) groups is 1. The van der Waals surface area contributed by atoms with Crippen molar-refractivity contribution in [3.63, 3.8) is 0 Å². The standard InChI is InChI=1S/C22H21FN4O3/c1-12(24)25-9-16-15-4-3-14(23)8-19(15)26-21-17(16)10-27-20(21)7-13(5-6-28)18(11-30-2)22(27)29/h3-4,6-8,25H,1,5,9-11,24H2,2H3. The van der Waals surface area contributed by atoms with Gasteiger partial charge in [-0.1, -0.05) is 6.58 Å². The van der Waals surface area contributed by atoms with Gasteiger partial charge >= 0.3 is 0 Å². The number of rotatable bonds is 7. The average Bonchev–Trinajstić information content (AvgIpc) is 3.06. The molecule has 0 spiro atoms. The Morgan fingerprint density at radius 2 is 2.20 bits per heavy atom. The highest BCUT2D eigenvalue weighted by molar-refractivity contribution is 5.88. The molecule has 0 unspecified atom stereocenters. The van der Waals surface area contributed by atoms with E-state index in [0.29, 0.717) is 46.9 Å². The van der Waals surface area contributed by atoms with E-state index in [2.05, 4.69) is 16.9 Å². The number of methoxy groups -OCH3 is 1. The molecule has 30 heavy (non-hydrogen) atoms. The summed E-state index contributed by atoms with van der Waals surface area (Å²) in [5, 5.41) is 3.78. The summed E-state index contributed by atoms with van der Waals surface area (Å²) in [6.07, 6.45) is 0.854. The number of nitrogens with zero attached hydrogens (tertiary/aromatic N) is 2. The molecule has 0 bridgehead atoms. The predicted octanol–water partition coefficient (Wildman–Crippen LogP) is 1.97. The fourth-order valence-corrected chi connectivity index (χ4v) is 3.95. The number of benzene rings is 1. The van der Waals surface area contributed by atoms with Crippen molar-refractivity contribution in [2.75, 3.05) is 7.11 Å². The lowest BCUT2D eigenvalue weighted by atomic mass is 9.99. The molecule has 0 atom stereocenters. The van der Waals surface area contributed by atoms with Crippen molar-refractivity contribution in [3.05, 3.63) is 75.1 Å².